The Bertz CT molecular complexity index is 2220. The zero-order valence-electron chi connectivity index (χ0n) is 59.1. The highest BCUT2D eigenvalue weighted by atomic mass is 16.3. The fourth-order valence-electron chi connectivity index (χ4n) is 18.0. The van der Waals surface area contributed by atoms with Gasteiger partial charge in [-0.2, -0.15) is 0 Å². The van der Waals surface area contributed by atoms with Crippen LogP contribution in [0, 0.1) is 47.3 Å². The molecule has 5 aliphatic rings. The van der Waals surface area contributed by atoms with Gasteiger partial charge in [-0.1, -0.05) is 284 Å². The number of benzene rings is 1. The van der Waals surface area contributed by atoms with E-state index in [1.165, 1.54) is 224 Å². The van der Waals surface area contributed by atoms with Gasteiger partial charge in [-0.3, -0.25) is 24.1 Å². The summed E-state index contributed by atoms with van der Waals surface area (Å²) in [5.74, 6) is 3.50. The largest absolute Gasteiger partial charge is 0.373 e. The molecule has 2 aliphatic carbocycles. The molecule has 0 aromatic heterocycles. The van der Waals surface area contributed by atoms with Gasteiger partial charge in [-0.15, -0.1) is 0 Å². The van der Waals surface area contributed by atoms with Gasteiger partial charge in [0.2, 0.25) is 23.6 Å². The van der Waals surface area contributed by atoms with Crippen LogP contribution in [0.15, 0.2) is 36.4 Å². The Morgan fingerprint density at radius 1 is 0.494 bits per heavy atom. The highest BCUT2D eigenvalue weighted by Gasteiger charge is 2.57. The number of unbranched alkanes of at least 4 members (excludes halogenated alkanes) is 26. The van der Waals surface area contributed by atoms with Gasteiger partial charge in [0.15, 0.2) is 0 Å². The summed E-state index contributed by atoms with van der Waals surface area (Å²) in [5, 5.41) is 22.5. The zero-order valence-corrected chi connectivity index (χ0v) is 59.1. The van der Waals surface area contributed by atoms with Crippen molar-refractivity contribution < 1.29 is 29.4 Å². The molecular formula is C80H137N3O6. The molecule has 2 saturated heterocycles. The molecule has 1 saturated carbocycles. The molecule has 0 radical (unpaired) electrons. The van der Waals surface area contributed by atoms with Crippen molar-refractivity contribution in [3.63, 3.8) is 0 Å². The summed E-state index contributed by atoms with van der Waals surface area (Å²) in [5.41, 5.74) is 1.13. The lowest BCUT2D eigenvalue weighted by atomic mass is 9.61. The summed E-state index contributed by atoms with van der Waals surface area (Å²) in [6.07, 6.45) is 55.7. The molecule has 1 aromatic carbocycles. The van der Waals surface area contributed by atoms with Crippen LogP contribution in [0.3, 0.4) is 0 Å². The standard InChI is InChI=1S/C80H137N3O6/c1-10-13-16-19-27-35-46-63-52-53-64(47-36-28-21-24-30-41-56-79(6,7)82-72(84)54-55-73(82)85)66(65(63)48-37-18-15-12-3)49-38-29-22-25-32-43-58-81-74(86)60-70(76(81)87)69-59-71-75(68-51-40-39-50-67(68)69)78(89)83(77(71)88)80(8,9)57-42-31-23-20-26-34-45-62(5)61(4)44-33-17-14-11-2/h39-40,50-51,54-55,61-66,69-72,75,77,84,88H,10-38,41-49,52-53,56-60H2,1-9H3. The highest BCUT2D eigenvalue weighted by molar-refractivity contribution is 6.04. The molecule has 2 N–H and O–H groups in total. The van der Waals surface area contributed by atoms with Crippen molar-refractivity contribution in [1.29, 1.82) is 0 Å². The molecule has 1 aromatic rings. The SMILES string of the molecule is CCCCCCCCC1CCC(CCCCCCCCC(C)(C)N2C(=O)C=CC2O)C(CCCCCCCCN2C(=O)CC(C3CC4C(C(=O)N(C(C)(C)CCCCCCCCC(C)C(C)CCCCCC)C4O)c4ccccc43)C2=O)C1CCCCCC. The van der Waals surface area contributed by atoms with Gasteiger partial charge in [-0.25, -0.2) is 0 Å². The third-order valence-corrected chi connectivity index (χ3v) is 23.8. The molecule has 4 amide bonds. The van der Waals surface area contributed by atoms with Crippen molar-refractivity contribution in [2.75, 3.05) is 6.54 Å². The number of carbonyl (C=O) groups is 4. The second-order valence-electron chi connectivity index (χ2n) is 31.4. The molecule has 508 valence electrons. The van der Waals surface area contributed by atoms with Crippen LogP contribution in [-0.2, 0) is 19.2 Å². The third-order valence-electron chi connectivity index (χ3n) is 23.8. The predicted molar refractivity (Wildman–Crippen MR) is 371 cm³/mol. The van der Waals surface area contributed by atoms with Crippen LogP contribution >= 0.6 is 0 Å². The van der Waals surface area contributed by atoms with Crippen molar-refractivity contribution in [2.45, 2.75) is 380 Å². The van der Waals surface area contributed by atoms with Crippen LogP contribution in [0.5, 0.6) is 0 Å². The third kappa shape index (κ3) is 22.6. The lowest BCUT2D eigenvalue weighted by molar-refractivity contribution is -0.144. The minimum atomic E-state index is -0.918. The van der Waals surface area contributed by atoms with E-state index in [-0.39, 0.29) is 47.4 Å². The number of amides is 4. The monoisotopic (exact) mass is 1240 g/mol. The van der Waals surface area contributed by atoms with E-state index in [9.17, 15) is 29.4 Å². The number of aliphatic hydroxyl groups is 2. The Hall–Kier alpha value is -3.04. The number of hydrogen-bond donors (Lipinski definition) is 2. The molecule has 12 atom stereocenters. The Kier molecular flexibility index (Phi) is 33.4. The molecular weight excluding hydrogens is 1100 g/mol. The van der Waals surface area contributed by atoms with Gasteiger partial charge < -0.3 is 20.0 Å². The fourth-order valence-corrected chi connectivity index (χ4v) is 18.0. The molecule has 9 heteroatoms. The second-order valence-corrected chi connectivity index (χ2v) is 31.4. The Labute approximate surface area is 546 Å². The van der Waals surface area contributed by atoms with Crippen LogP contribution in [0.4, 0.5) is 0 Å². The minimum absolute atomic E-state index is 0.0109. The zero-order chi connectivity index (χ0) is 64.2. The quantitative estimate of drug-likeness (QED) is 0.0496. The molecule has 6 rings (SSSR count). The first kappa shape index (κ1) is 75.0. The molecule has 3 heterocycles. The summed E-state index contributed by atoms with van der Waals surface area (Å²) in [7, 11) is 0. The van der Waals surface area contributed by atoms with E-state index in [2.05, 4.69) is 68.4 Å². The summed E-state index contributed by atoms with van der Waals surface area (Å²) in [6, 6.07) is 8.13. The summed E-state index contributed by atoms with van der Waals surface area (Å²) in [6.45, 7) is 20.8. The van der Waals surface area contributed by atoms with Gasteiger partial charge in [-0.05, 0) is 138 Å². The van der Waals surface area contributed by atoms with E-state index in [1.807, 2.05) is 18.2 Å². The lowest BCUT2D eigenvalue weighted by Gasteiger charge is -2.44. The predicted octanol–water partition coefficient (Wildman–Crippen LogP) is 20.9. The van der Waals surface area contributed by atoms with Crippen LogP contribution < -0.4 is 0 Å². The first-order valence-electron chi connectivity index (χ1n) is 38.6. The van der Waals surface area contributed by atoms with Crippen LogP contribution in [0.2, 0.25) is 0 Å². The highest BCUT2D eigenvalue weighted by Crippen LogP contribution is 2.55. The van der Waals surface area contributed by atoms with E-state index < -0.39 is 29.8 Å². The van der Waals surface area contributed by atoms with Gasteiger partial charge in [0.25, 0.3) is 0 Å². The molecule has 12 unspecified atom stereocenters. The van der Waals surface area contributed by atoms with Gasteiger partial charge in [0, 0.05) is 36.0 Å². The second kappa shape index (κ2) is 39.6. The number of imide groups is 1. The first-order chi connectivity index (χ1) is 43.0. The number of likely N-dealkylation sites (tertiary alicyclic amines) is 2. The number of fused-ring (bicyclic) bond motifs is 3. The molecule has 89 heavy (non-hydrogen) atoms. The van der Waals surface area contributed by atoms with Crippen LogP contribution in [-0.4, -0.2) is 78.6 Å². The summed E-state index contributed by atoms with van der Waals surface area (Å²) >= 11 is 0. The number of nitrogens with zero attached hydrogens (tertiary/aromatic N) is 3. The fraction of sp³-hybridized carbons (Fsp3) is 0.850. The average Bonchev–Trinajstić information content (AvgIpc) is 1.64. The molecule has 3 fully saturated rings. The molecule has 9 nitrogen and oxygen atoms in total. The maximum atomic E-state index is 14.6. The molecule has 0 spiro atoms. The first-order valence-corrected chi connectivity index (χ1v) is 38.6. The lowest BCUT2D eigenvalue weighted by Crippen LogP contribution is -2.50. The van der Waals surface area contributed by atoms with Crippen molar-refractivity contribution in [2.24, 2.45) is 47.3 Å². The number of aliphatic hydroxyl groups excluding tert-OH is 2. The Morgan fingerprint density at radius 2 is 0.921 bits per heavy atom. The van der Waals surface area contributed by atoms with E-state index in [1.54, 1.807) is 20.8 Å². The van der Waals surface area contributed by atoms with Crippen molar-refractivity contribution in [3.05, 3.63) is 47.5 Å². The maximum Gasteiger partial charge on any atom is 0.249 e. The molecule has 3 aliphatic heterocycles. The van der Waals surface area contributed by atoms with E-state index in [0.717, 1.165) is 98.0 Å². The smallest absolute Gasteiger partial charge is 0.249 e. The van der Waals surface area contributed by atoms with E-state index >= 15 is 0 Å². The van der Waals surface area contributed by atoms with Crippen molar-refractivity contribution in [3.8, 4) is 0 Å². The summed E-state index contributed by atoms with van der Waals surface area (Å²) < 4.78 is 0. The number of rotatable bonds is 48. The van der Waals surface area contributed by atoms with Crippen LogP contribution in [0.1, 0.15) is 368 Å². The number of hydrogen-bond acceptors (Lipinski definition) is 6. The topological polar surface area (TPSA) is 118 Å². The maximum absolute atomic E-state index is 14.6. The normalized spacial score (nSPS) is 25.4. The van der Waals surface area contributed by atoms with Gasteiger partial charge in [0.1, 0.15) is 12.5 Å². The van der Waals surface area contributed by atoms with Crippen molar-refractivity contribution in [1.82, 2.24) is 14.7 Å². The van der Waals surface area contributed by atoms with Crippen molar-refractivity contribution >= 4 is 23.6 Å². The Balaban J connectivity index is 0.940. The van der Waals surface area contributed by atoms with Gasteiger partial charge >= 0.3 is 0 Å². The molecule has 0 bridgehead atoms. The van der Waals surface area contributed by atoms with E-state index in [4.69, 9.17) is 0 Å². The average molecular weight is 1240 g/mol. The van der Waals surface area contributed by atoms with Crippen LogP contribution in [0.25, 0.3) is 0 Å². The van der Waals surface area contributed by atoms with E-state index in [0.29, 0.717) is 13.0 Å². The minimum Gasteiger partial charge on any atom is -0.373 e. The number of carbonyl (C=O) groups excluding carboxylic acids is 4. The Morgan fingerprint density at radius 3 is 1.43 bits per heavy atom. The van der Waals surface area contributed by atoms with Gasteiger partial charge in [0.05, 0.1) is 11.8 Å². The summed E-state index contributed by atoms with van der Waals surface area (Å²) in [4.78, 5) is 60.2.